The zero-order valence-electron chi connectivity index (χ0n) is 13.5. The van der Waals surface area contributed by atoms with Crippen LogP contribution in [-0.4, -0.2) is 37.7 Å². The Labute approximate surface area is 139 Å². The number of nitrogens with two attached hydrogens (primary N) is 1. The highest BCUT2D eigenvalue weighted by atomic mass is 16.5. The summed E-state index contributed by atoms with van der Waals surface area (Å²) in [6.45, 7) is 0.832. The molecule has 1 saturated heterocycles. The van der Waals surface area contributed by atoms with Crippen molar-refractivity contribution in [2.24, 2.45) is 5.73 Å². The molecule has 1 atom stereocenters. The van der Waals surface area contributed by atoms with Gasteiger partial charge in [-0.25, -0.2) is 0 Å². The number of furan rings is 1. The maximum Gasteiger partial charge on any atom is 0.288 e. The summed E-state index contributed by atoms with van der Waals surface area (Å²) in [6, 6.07) is 7.32. The average molecular weight is 332 g/mol. The second kappa shape index (κ2) is 6.62. The topological polar surface area (TPSA) is 104 Å². The zero-order chi connectivity index (χ0) is 17.2. The molecule has 1 aromatic carbocycles. The molecule has 0 spiro atoms. The van der Waals surface area contributed by atoms with Crippen LogP contribution >= 0.6 is 0 Å². The minimum Gasteiger partial charge on any atom is -0.451 e. The Kier molecular flexibility index (Phi) is 4.55. The maximum atomic E-state index is 12.8. The van der Waals surface area contributed by atoms with Crippen molar-refractivity contribution >= 4 is 22.8 Å². The molecule has 7 heteroatoms. The van der Waals surface area contributed by atoms with E-state index < -0.39 is 17.4 Å². The lowest BCUT2D eigenvalue weighted by Gasteiger charge is -2.34. The van der Waals surface area contributed by atoms with Crippen molar-refractivity contribution in [3.63, 3.8) is 0 Å². The van der Waals surface area contributed by atoms with Gasteiger partial charge >= 0.3 is 0 Å². The van der Waals surface area contributed by atoms with Crippen molar-refractivity contribution < 1.29 is 23.5 Å². The average Bonchev–Trinajstić information content (AvgIpc) is 2.95. The summed E-state index contributed by atoms with van der Waals surface area (Å²) >= 11 is 0. The number of carbonyl (C=O) groups excluding carboxylic acids is 2. The number of amides is 2. The van der Waals surface area contributed by atoms with Crippen molar-refractivity contribution in [3.05, 3.63) is 35.6 Å². The first-order valence-electron chi connectivity index (χ1n) is 7.77. The predicted octanol–water partition coefficient (Wildman–Crippen LogP) is 1.34. The van der Waals surface area contributed by atoms with E-state index in [1.54, 1.807) is 13.2 Å². The van der Waals surface area contributed by atoms with Crippen LogP contribution in [0, 0.1) is 0 Å². The van der Waals surface area contributed by atoms with Crippen LogP contribution in [0.4, 0.5) is 0 Å². The third kappa shape index (κ3) is 2.88. The van der Waals surface area contributed by atoms with Crippen LogP contribution in [0.1, 0.15) is 29.0 Å². The lowest BCUT2D eigenvalue weighted by molar-refractivity contribution is -0.129. The normalized spacial score (nSPS) is 20.9. The Hall–Kier alpha value is -2.38. The van der Waals surface area contributed by atoms with Crippen LogP contribution in [0.3, 0.4) is 0 Å². The molecular formula is C17H20N2O5. The standard InChI is InChI=1S/C17H20N2O5/c1-22-9-12-11-5-2-3-6-13(11)24-14(12)15(20)19-17(16(18)21)7-4-8-23-10-17/h2-3,5-6H,4,7-10H2,1H3,(H2,18,21)(H,19,20). The van der Waals surface area contributed by atoms with Gasteiger partial charge in [0.05, 0.1) is 13.2 Å². The number of fused-ring (bicyclic) bond motifs is 1. The van der Waals surface area contributed by atoms with Crippen LogP contribution in [0.15, 0.2) is 28.7 Å². The van der Waals surface area contributed by atoms with Gasteiger partial charge in [0.2, 0.25) is 5.91 Å². The third-order valence-corrected chi connectivity index (χ3v) is 4.26. The highest BCUT2D eigenvalue weighted by Crippen LogP contribution is 2.28. The molecule has 3 rings (SSSR count). The second-order valence-electron chi connectivity index (χ2n) is 5.90. The molecule has 1 aliphatic rings. The Bertz CT molecular complexity index is 761. The van der Waals surface area contributed by atoms with E-state index >= 15 is 0 Å². The van der Waals surface area contributed by atoms with Gasteiger partial charge in [-0.15, -0.1) is 0 Å². The number of hydrogen-bond acceptors (Lipinski definition) is 5. The molecule has 1 aromatic heterocycles. The van der Waals surface area contributed by atoms with E-state index in [9.17, 15) is 9.59 Å². The van der Waals surface area contributed by atoms with Gasteiger partial charge in [0, 0.05) is 24.7 Å². The van der Waals surface area contributed by atoms with Crippen LogP contribution in [0.2, 0.25) is 0 Å². The number of para-hydroxylation sites is 1. The molecule has 2 heterocycles. The largest absolute Gasteiger partial charge is 0.451 e. The number of nitrogens with one attached hydrogen (secondary N) is 1. The third-order valence-electron chi connectivity index (χ3n) is 4.26. The van der Waals surface area contributed by atoms with Gasteiger partial charge in [-0.2, -0.15) is 0 Å². The molecule has 1 fully saturated rings. The van der Waals surface area contributed by atoms with E-state index in [1.165, 1.54) is 0 Å². The monoisotopic (exact) mass is 332 g/mol. The number of hydrogen-bond donors (Lipinski definition) is 2. The lowest BCUT2D eigenvalue weighted by atomic mass is 9.91. The van der Waals surface area contributed by atoms with Crippen molar-refractivity contribution in [1.82, 2.24) is 5.32 Å². The van der Waals surface area contributed by atoms with Crippen molar-refractivity contribution in [3.8, 4) is 0 Å². The highest BCUT2D eigenvalue weighted by Gasteiger charge is 2.41. The Morgan fingerprint density at radius 3 is 2.83 bits per heavy atom. The molecule has 0 bridgehead atoms. The van der Waals surface area contributed by atoms with Crippen LogP contribution < -0.4 is 11.1 Å². The molecule has 1 unspecified atom stereocenters. The Morgan fingerprint density at radius 2 is 2.17 bits per heavy atom. The SMILES string of the molecule is COCc1c(C(=O)NC2(C(N)=O)CCCOC2)oc2ccccc12. The molecule has 128 valence electrons. The summed E-state index contributed by atoms with van der Waals surface area (Å²) in [5, 5.41) is 3.52. The van der Waals surface area contributed by atoms with E-state index in [0.29, 0.717) is 30.6 Å². The smallest absolute Gasteiger partial charge is 0.288 e. The van der Waals surface area contributed by atoms with Crippen molar-refractivity contribution in [2.75, 3.05) is 20.3 Å². The number of methoxy groups -OCH3 is 1. The van der Waals surface area contributed by atoms with Gasteiger partial charge in [-0.05, 0) is 18.9 Å². The quantitative estimate of drug-likeness (QED) is 0.860. The highest BCUT2D eigenvalue weighted by molar-refractivity contribution is 6.02. The Morgan fingerprint density at radius 1 is 1.38 bits per heavy atom. The molecule has 2 aromatic rings. The van der Waals surface area contributed by atoms with E-state index in [0.717, 1.165) is 5.39 Å². The number of ether oxygens (including phenoxy) is 2. The fourth-order valence-corrected chi connectivity index (χ4v) is 2.99. The number of rotatable bonds is 5. The first-order chi connectivity index (χ1) is 11.6. The van der Waals surface area contributed by atoms with E-state index in [4.69, 9.17) is 19.6 Å². The van der Waals surface area contributed by atoms with Crippen LogP contribution in [0.5, 0.6) is 0 Å². The Balaban J connectivity index is 1.95. The summed E-state index contributed by atoms with van der Waals surface area (Å²) < 4.78 is 16.2. The summed E-state index contributed by atoms with van der Waals surface area (Å²) in [5.74, 6) is -0.980. The molecule has 0 aliphatic carbocycles. The number of benzene rings is 1. The molecule has 7 nitrogen and oxygen atoms in total. The molecule has 2 amide bonds. The molecule has 0 saturated carbocycles. The van der Waals surface area contributed by atoms with E-state index in [1.807, 2.05) is 18.2 Å². The summed E-state index contributed by atoms with van der Waals surface area (Å²) in [5.41, 5.74) is 5.53. The van der Waals surface area contributed by atoms with Crippen LogP contribution in [-0.2, 0) is 20.9 Å². The fourth-order valence-electron chi connectivity index (χ4n) is 2.99. The van der Waals surface area contributed by atoms with Crippen LogP contribution in [0.25, 0.3) is 11.0 Å². The van der Waals surface area contributed by atoms with Crippen molar-refractivity contribution in [1.29, 1.82) is 0 Å². The van der Waals surface area contributed by atoms with E-state index in [-0.39, 0.29) is 19.0 Å². The first-order valence-corrected chi connectivity index (χ1v) is 7.77. The maximum absolute atomic E-state index is 12.8. The zero-order valence-corrected chi connectivity index (χ0v) is 13.5. The first kappa shape index (κ1) is 16.5. The summed E-state index contributed by atoms with van der Waals surface area (Å²) in [6.07, 6.45) is 1.09. The summed E-state index contributed by atoms with van der Waals surface area (Å²) in [4.78, 5) is 24.7. The minimum atomic E-state index is -1.21. The molecular weight excluding hydrogens is 312 g/mol. The van der Waals surface area contributed by atoms with Gasteiger partial charge in [-0.1, -0.05) is 18.2 Å². The predicted molar refractivity (Wildman–Crippen MR) is 86.4 cm³/mol. The molecule has 0 radical (unpaired) electrons. The fraction of sp³-hybridized carbons (Fsp3) is 0.412. The summed E-state index contributed by atoms with van der Waals surface area (Å²) in [7, 11) is 1.54. The van der Waals surface area contributed by atoms with Gasteiger partial charge in [0.25, 0.3) is 5.91 Å². The molecule has 24 heavy (non-hydrogen) atoms. The van der Waals surface area contributed by atoms with Gasteiger partial charge in [-0.3, -0.25) is 9.59 Å². The van der Waals surface area contributed by atoms with Gasteiger partial charge < -0.3 is 24.9 Å². The molecule has 1 aliphatic heterocycles. The lowest BCUT2D eigenvalue weighted by Crippen LogP contribution is -2.62. The van der Waals surface area contributed by atoms with Crippen molar-refractivity contribution in [2.45, 2.75) is 25.0 Å². The second-order valence-corrected chi connectivity index (χ2v) is 5.90. The van der Waals surface area contributed by atoms with E-state index in [2.05, 4.69) is 5.32 Å². The van der Waals surface area contributed by atoms with Gasteiger partial charge in [0.15, 0.2) is 5.76 Å². The molecule has 3 N–H and O–H groups in total. The number of carbonyl (C=O) groups is 2. The number of primary amides is 1. The minimum absolute atomic E-state index is 0.0634. The van der Waals surface area contributed by atoms with Gasteiger partial charge in [0.1, 0.15) is 11.1 Å².